The largest absolute Gasteiger partial charge is 0.486 e. The quantitative estimate of drug-likeness (QED) is 0.308. The maximum atomic E-state index is 13.4. The van der Waals surface area contributed by atoms with E-state index in [1.165, 1.54) is 23.9 Å². The number of thioether (sulfide) groups is 1. The topological polar surface area (TPSA) is 50.7 Å². The molecule has 1 N–H and O–H groups in total. The maximum absolute atomic E-state index is 13.4. The van der Waals surface area contributed by atoms with E-state index in [1.54, 1.807) is 48.5 Å². The van der Waals surface area contributed by atoms with Gasteiger partial charge >= 0.3 is 0 Å². The first-order chi connectivity index (χ1) is 15.8. The summed E-state index contributed by atoms with van der Waals surface area (Å²) < 4.78 is 19.7. The maximum Gasteiger partial charge on any atom is 0.264 e. The second-order valence-electron chi connectivity index (χ2n) is 6.79. The van der Waals surface area contributed by atoms with E-state index in [0.29, 0.717) is 52.2 Å². The summed E-state index contributed by atoms with van der Waals surface area (Å²) in [6.07, 6.45) is 1.69. The van der Waals surface area contributed by atoms with Crippen LogP contribution in [0.5, 0.6) is 5.75 Å². The summed E-state index contributed by atoms with van der Waals surface area (Å²) in [5.74, 6) is -0.212. The Kier molecular flexibility index (Phi) is 7.66. The Hall–Kier alpha value is -2.03. The normalized spacial score (nSPS) is 15.8. The van der Waals surface area contributed by atoms with Crippen LogP contribution in [0.2, 0.25) is 15.1 Å². The Labute approximate surface area is 216 Å². The van der Waals surface area contributed by atoms with E-state index in [1.807, 2.05) is 0 Å². The lowest BCUT2D eigenvalue weighted by Gasteiger charge is -2.11. The molecule has 0 aromatic heterocycles. The van der Waals surface area contributed by atoms with E-state index >= 15 is 0 Å². The highest BCUT2D eigenvalue weighted by Gasteiger charge is 2.24. The highest BCUT2D eigenvalue weighted by Crippen LogP contribution is 2.38. The van der Waals surface area contributed by atoms with Gasteiger partial charge in [-0.15, -0.1) is 0 Å². The van der Waals surface area contributed by atoms with Crippen LogP contribution in [0.25, 0.3) is 6.08 Å². The molecule has 1 heterocycles. The fourth-order valence-electron chi connectivity index (χ4n) is 2.90. The number of carbonyl (C=O) groups excluding carboxylic acids is 1. The number of aliphatic imine (C=N–C) groups is 1. The molecule has 1 aliphatic rings. The summed E-state index contributed by atoms with van der Waals surface area (Å²) in [5.41, 5.74) is 1.82. The van der Waals surface area contributed by atoms with Gasteiger partial charge in [0.15, 0.2) is 10.9 Å². The van der Waals surface area contributed by atoms with Gasteiger partial charge in [0, 0.05) is 0 Å². The Balaban J connectivity index is 1.52. The standard InChI is InChI=1S/C23H13BrCl3FN2O2S/c24-15-8-13(9-17(26)21(15)32-11-12-3-1-4-14(28)7-12)10-19-22(31)30-23(33-19)29-18-6-2-5-16(25)20(18)27/h1-10H,11H2,(H,29,30,31)/b19-10-. The molecule has 1 aliphatic heterocycles. The fraction of sp³-hybridized carbons (Fsp3) is 0.0435. The number of nitrogens with zero attached hydrogens (tertiary/aromatic N) is 1. The molecule has 168 valence electrons. The van der Waals surface area contributed by atoms with Crippen molar-refractivity contribution in [2.24, 2.45) is 4.99 Å². The number of rotatable bonds is 5. The summed E-state index contributed by atoms with van der Waals surface area (Å²) in [6.45, 7) is 0.153. The van der Waals surface area contributed by atoms with Gasteiger partial charge in [-0.3, -0.25) is 4.79 Å². The molecule has 1 fully saturated rings. The molecule has 33 heavy (non-hydrogen) atoms. The Morgan fingerprint density at radius 3 is 2.64 bits per heavy atom. The van der Waals surface area contributed by atoms with Crippen molar-refractivity contribution in [3.8, 4) is 5.75 Å². The molecule has 3 aromatic rings. The molecule has 0 unspecified atom stereocenters. The van der Waals surface area contributed by atoms with Gasteiger partial charge in [0.25, 0.3) is 5.91 Å². The van der Waals surface area contributed by atoms with Gasteiger partial charge in [0.2, 0.25) is 0 Å². The van der Waals surface area contributed by atoms with Gasteiger partial charge in [0.05, 0.1) is 30.1 Å². The van der Waals surface area contributed by atoms with Crippen molar-refractivity contribution in [2.75, 3.05) is 0 Å². The lowest BCUT2D eigenvalue weighted by Crippen LogP contribution is -2.19. The van der Waals surface area contributed by atoms with Gasteiger partial charge < -0.3 is 10.1 Å². The van der Waals surface area contributed by atoms with Gasteiger partial charge in [-0.25, -0.2) is 9.38 Å². The van der Waals surface area contributed by atoms with Crippen LogP contribution in [-0.2, 0) is 11.4 Å². The van der Waals surface area contributed by atoms with Crippen LogP contribution in [-0.4, -0.2) is 11.1 Å². The number of carbonyl (C=O) groups is 1. The number of nitrogens with one attached hydrogen (secondary N) is 1. The predicted molar refractivity (Wildman–Crippen MR) is 137 cm³/mol. The number of halogens is 5. The number of ether oxygens (including phenoxy) is 1. The number of benzene rings is 3. The van der Waals surface area contributed by atoms with Crippen LogP contribution in [0.15, 0.2) is 69.0 Å². The van der Waals surface area contributed by atoms with Crippen molar-refractivity contribution >= 4 is 85.3 Å². The molecule has 1 amide bonds. The molecule has 4 nitrogen and oxygen atoms in total. The van der Waals surface area contributed by atoms with Crippen LogP contribution in [0.1, 0.15) is 11.1 Å². The minimum atomic E-state index is -0.337. The van der Waals surface area contributed by atoms with Crippen molar-refractivity contribution in [2.45, 2.75) is 6.61 Å². The predicted octanol–water partition coefficient (Wildman–Crippen LogP) is 8.02. The zero-order valence-electron chi connectivity index (χ0n) is 16.5. The molecule has 3 aromatic carbocycles. The first-order valence-corrected chi connectivity index (χ1v) is 12.1. The monoisotopic (exact) mass is 584 g/mol. The van der Waals surface area contributed by atoms with E-state index in [0.717, 1.165) is 0 Å². The Morgan fingerprint density at radius 1 is 1.09 bits per heavy atom. The van der Waals surface area contributed by atoms with Crippen molar-refractivity contribution < 1.29 is 13.9 Å². The van der Waals surface area contributed by atoms with E-state index in [2.05, 4.69) is 26.2 Å². The molecular weight excluding hydrogens is 574 g/mol. The fourth-order valence-corrected chi connectivity index (χ4v) is 5.06. The summed E-state index contributed by atoms with van der Waals surface area (Å²) in [7, 11) is 0. The highest BCUT2D eigenvalue weighted by molar-refractivity contribution is 9.10. The molecule has 0 radical (unpaired) electrons. The summed E-state index contributed by atoms with van der Waals surface area (Å²) in [5, 5.41) is 4.12. The van der Waals surface area contributed by atoms with Gasteiger partial charge in [-0.2, -0.15) is 0 Å². The van der Waals surface area contributed by atoms with E-state index in [4.69, 9.17) is 39.5 Å². The molecule has 4 rings (SSSR count). The Morgan fingerprint density at radius 2 is 1.88 bits per heavy atom. The van der Waals surface area contributed by atoms with E-state index in [-0.39, 0.29) is 18.3 Å². The zero-order chi connectivity index (χ0) is 23.5. The molecule has 0 atom stereocenters. The summed E-state index contributed by atoms with van der Waals surface area (Å²) >= 11 is 23.2. The van der Waals surface area contributed by atoms with Crippen LogP contribution in [0.4, 0.5) is 10.1 Å². The zero-order valence-corrected chi connectivity index (χ0v) is 21.2. The van der Waals surface area contributed by atoms with Crippen molar-refractivity contribution in [1.29, 1.82) is 0 Å². The van der Waals surface area contributed by atoms with E-state index in [9.17, 15) is 9.18 Å². The van der Waals surface area contributed by atoms with Gasteiger partial charge in [-0.05, 0) is 81.3 Å². The van der Waals surface area contributed by atoms with Crippen LogP contribution < -0.4 is 10.1 Å². The molecule has 0 saturated carbocycles. The minimum absolute atomic E-state index is 0.153. The Bertz CT molecular complexity index is 1290. The molecule has 0 aliphatic carbocycles. The van der Waals surface area contributed by atoms with Crippen molar-refractivity contribution in [1.82, 2.24) is 5.32 Å². The number of amidine groups is 1. The first-order valence-electron chi connectivity index (χ1n) is 9.40. The van der Waals surface area contributed by atoms with E-state index < -0.39 is 0 Å². The lowest BCUT2D eigenvalue weighted by molar-refractivity contribution is -0.115. The SMILES string of the molecule is O=C1NC(=Nc2cccc(Cl)c2Cl)S/C1=C\c1cc(Cl)c(OCc2cccc(F)c2)c(Br)c1. The molecular formula is C23H13BrCl3FN2O2S. The minimum Gasteiger partial charge on any atom is -0.486 e. The third-order valence-electron chi connectivity index (χ3n) is 4.39. The van der Waals surface area contributed by atoms with Crippen LogP contribution >= 0.6 is 62.5 Å². The summed E-state index contributed by atoms with van der Waals surface area (Å²) in [6, 6.07) is 14.7. The van der Waals surface area contributed by atoms with Gasteiger partial charge in [0.1, 0.15) is 12.4 Å². The van der Waals surface area contributed by atoms with Crippen molar-refractivity contribution in [3.05, 3.63) is 96.0 Å². The lowest BCUT2D eigenvalue weighted by atomic mass is 10.2. The number of hydrogen-bond donors (Lipinski definition) is 1. The summed E-state index contributed by atoms with van der Waals surface area (Å²) in [4.78, 5) is 17.2. The average molecular weight is 587 g/mol. The smallest absolute Gasteiger partial charge is 0.264 e. The molecule has 10 heteroatoms. The van der Waals surface area contributed by atoms with Crippen LogP contribution in [0, 0.1) is 5.82 Å². The highest BCUT2D eigenvalue weighted by atomic mass is 79.9. The first kappa shape index (κ1) is 24.1. The number of amides is 1. The van der Waals surface area contributed by atoms with Crippen molar-refractivity contribution in [3.63, 3.8) is 0 Å². The average Bonchev–Trinajstić information content (AvgIpc) is 3.09. The number of hydrogen-bond acceptors (Lipinski definition) is 4. The third-order valence-corrected chi connectivity index (χ3v) is 6.98. The van der Waals surface area contributed by atoms with Gasteiger partial charge in [-0.1, -0.05) is 53.0 Å². The molecule has 0 bridgehead atoms. The molecule has 1 saturated heterocycles. The third kappa shape index (κ3) is 5.91. The second kappa shape index (κ2) is 10.5. The second-order valence-corrected chi connectivity index (χ2v) is 9.86. The van der Waals surface area contributed by atoms with Crippen LogP contribution in [0.3, 0.4) is 0 Å². The molecule has 0 spiro atoms.